The maximum absolute atomic E-state index is 14.5. The minimum absolute atomic E-state index is 0.0176. The Kier molecular flexibility index (Phi) is 4.91. The van der Waals surface area contributed by atoms with Crippen LogP contribution >= 0.6 is 22.9 Å². The van der Waals surface area contributed by atoms with Crippen molar-refractivity contribution in [1.29, 1.82) is 0 Å². The van der Waals surface area contributed by atoms with Crippen LogP contribution in [-0.4, -0.2) is 23.3 Å². The van der Waals surface area contributed by atoms with Crippen molar-refractivity contribution in [2.24, 2.45) is 0 Å². The molecular weight excluding hydrogens is 399 g/mol. The molecule has 2 heterocycles. The monoisotopic (exact) mass is 414 g/mol. The van der Waals surface area contributed by atoms with Crippen LogP contribution in [0.15, 0.2) is 53.9 Å². The fraction of sp³-hybridized carbons (Fsp3) is 0.143. The molecule has 0 bridgehead atoms. The lowest BCUT2D eigenvalue weighted by molar-refractivity contribution is -0.117. The average Bonchev–Trinajstić information content (AvgIpc) is 3.12. The molecule has 0 radical (unpaired) electrons. The minimum atomic E-state index is -0.712. The lowest BCUT2D eigenvalue weighted by Crippen LogP contribution is -2.39. The molecule has 1 N–H and O–H groups in total. The number of rotatable bonds is 2. The van der Waals surface area contributed by atoms with Gasteiger partial charge in [-0.05, 0) is 36.6 Å². The van der Waals surface area contributed by atoms with E-state index in [0.29, 0.717) is 5.69 Å². The minimum Gasteiger partial charge on any atom is -0.324 e. The predicted octanol–water partition coefficient (Wildman–Crippen LogP) is 5.03. The van der Waals surface area contributed by atoms with Gasteiger partial charge in [0.15, 0.2) is 0 Å². The van der Waals surface area contributed by atoms with Crippen LogP contribution in [0, 0.1) is 12.7 Å². The molecule has 1 atom stereocenters. The number of carbonyl (C=O) groups excluding carboxylic acids is 2. The van der Waals surface area contributed by atoms with Gasteiger partial charge in [0, 0.05) is 16.1 Å². The van der Waals surface area contributed by atoms with Crippen molar-refractivity contribution in [2.45, 2.75) is 13.0 Å². The van der Waals surface area contributed by atoms with Crippen molar-refractivity contribution < 1.29 is 14.0 Å². The maximum Gasteiger partial charge on any atom is 0.259 e. The van der Waals surface area contributed by atoms with Crippen LogP contribution in [0.25, 0.3) is 0 Å². The first-order chi connectivity index (χ1) is 13.5. The van der Waals surface area contributed by atoms with Gasteiger partial charge in [-0.2, -0.15) is 0 Å². The molecule has 0 aliphatic carbocycles. The van der Waals surface area contributed by atoms with E-state index in [0.717, 1.165) is 16.0 Å². The molecule has 0 fully saturated rings. The highest BCUT2D eigenvalue weighted by Gasteiger charge is 2.36. The molecular formula is C21H16ClFN2O2S. The van der Waals surface area contributed by atoms with E-state index < -0.39 is 17.8 Å². The van der Waals surface area contributed by atoms with E-state index in [1.165, 1.54) is 34.4 Å². The second kappa shape index (κ2) is 7.37. The van der Waals surface area contributed by atoms with Crippen LogP contribution in [0.1, 0.15) is 32.4 Å². The van der Waals surface area contributed by atoms with Crippen LogP contribution in [0.4, 0.5) is 10.1 Å². The molecule has 3 aromatic rings. The summed E-state index contributed by atoms with van der Waals surface area (Å²) in [6, 6.07) is 13.0. The zero-order valence-corrected chi connectivity index (χ0v) is 16.5. The van der Waals surface area contributed by atoms with Crippen molar-refractivity contribution in [3.63, 3.8) is 0 Å². The number of hydrogen-bond donors (Lipinski definition) is 1. The molecule has 0 saturated heterocycles. The largest absolute Gasteiger partial charge is 0.324 e. The van der Waals surface area contributed by atoms with E-state index in [1.54, 1.807) is 0 Å². The number of nitrogens with one attached hydrogen (secondary N) is 1. The second-order valence-corrected chi connectivity index (χ2v) is 7.97. The average molecular weight is 415 g/mol. The Labute approximate surface area is 170 Å². The number of hydrogen-bond acceptors (Lipinski definition) is 3. The van der Waals surface area contributed by atoms with E-state index in [-0.39, 0.29) is 23.0 Å². The fourth-order valence-corrected chi connectivity index (χ4v) is 4.51. The van der Waals surface area contributed by atoms with Gasteiger partial charge in [0.25, 0.3) is 5.91 Å². The molecule has 1 aliphatic rings. The molecule has 7 heteroatoms. The summed E-state index contributed by atoms with van der Waals surface area (Å²) in [5.74, 6) is -1.67. The van der Waals surface area contributed by atoms with Gasteiger partial charge in [-0.15, -0.1) is 11.3 Å². The molecule has 2 aromatic carbocycles. The first-order valence-corrected chi connectivity index (χ1v) is 9.90. The van der Waals surface area contributed by atoms with E-state index in [9.17, 15) is 14.0 Å². The Morgan fingerprint density at radius 3 is 2.79 bits per heavy atom. The number of thiophene rings is 1. The van der Waals surface area contributed by atoms with Gasteiger partial charge in [-0.1, -0.05) is 41.4 Å². The number of nitrogens with zero attached hydrogens (tertiary/aromatic N) is 1. The van der Waals surface area contributed by atoms with Gasteiger partial charge in [0.05, 0.1) is 16.6 Å². The van der Waals surface area contributed by atoms with Gasteiger partial charge in [0.2, 0.25) is 5.91 Å². The van der Waals surface area contributed by atoms with Crippen molar-refractivity contribution in [2.75, 3.05) is 11.9 Å². The Balaban J connectivity index is 1.91. The number of fused-ring (bicyclic) bond motifs is 1. The number of carbonyl (C=O) groups is 2. The van der Waals surface area contributed by atoms with E-state index in [2.05, 4.69) is 5.32 Å². The fourth-order valence-electron chi connectivity index (χ4n) is 3.41. The van der Waals surface area contributed by atoms with Gasteiger partial charge >= 0.3 is 0 Å². The first kappa shape index (κ1) is 18.7. The molecule has 142 valence electrons. The third-order valence-corrected chi connectivity index (χ3v) is 5.89. The number of benzene rings is 2. The number of halogens is 2. The summed E-state index contributed by atoms with van der Waals surface area (Å²) in [6.07, 6.45) is 0. The molecule has 2 amide bonds. The van der Waals surface area contributed by atoms with Crippen molar-refractivity contribution in [3.8, 4) is 0 Å². The number of aryl methyl sites for hydroxylation is 1. The molecule has 4 nitrogen and oxygen atoms in total. The summed E-state index contributed by atoms with van der Waals surface area (Å²) in [5, 5.41) is 4.78. The van der Waals surface area contributed by atoms with Crippen LogP contribution < -0.4 is 5.32 Å². The Hall–Kier alpha value is -2.70. The Morgan fingerprint density at radius 2 is 2.07 bits per heavy atom. The molecule has 1 unspecified atom stereocenters. The third kappa shape index (κ3) is 3.30. The topological polar surface area (TPSA) is 49.4 Å². The smallest absolute Gasteiger partial charge is 0.259 e. The van der Waals surface area contributed by atoms with Crippen LogP contribution in [0.2, 0.25) is 5.02 Å². The predicted molar refractivity (Wildman–Crippen MR) is 108 cm³/mol. The van der Waals surface area contributed by atoms with E-state index in [4.69, 9.17) is 11.6 Å². The molecule has 1 aliphatic heterocycles. The zero-order chi connectivity index (χ0) is 19.8. The summed E-state index contributed by atoms with van der Waals surface area (Å²) in [4.78, 5) is 28.2. The van der Waals surface area contributed by atoms with Gasteiger partial charge in [-0.3, -0.25) is 9.59 Å². The summed E-state index contributed by atoms with van der Waals surface area (Å²) in [6.45, 7) is 1.73. The summed E-state index contributed by atoms with van der Waals surface area (Å²) >= 11 is 7.61. The van der Waals surface area contributed by atoms with Crippen molar-refractivity contribution in [1.82, 2.24) is 4.90 Å². The molecule has 4 rings (SSSR count). The summed E-state index contributed by atoms with van der Waals surface area (Å²) in [5.41, 5.74) is 2.19. The maximum atomic E-state index is 14.5. The van der Waals surface area contributed by atoms with Crippen LogP contribution in [0.5, 0.6) is 0 Å². The summed E-state index contributed by atoms with van der Waals surface area (Å²) < 4.78 is 14.5. The quantitative estimate of drug-likeness (QED) is 0.639. The standard InChI is InChI=1S/C21H16ClFN2O2S/c1-12-7-8-16-13(10-12)20(17-6-3-9-28-17)25(11-18(26)24-16)21(27)19-14(22)4-2-5-15(19)23/h2-10,20H,11H2,1H3,(H,24,26). The van der Waals surface area contributed by atoms with Crippen molar-refractivity contribution in [3.05, 3.63) is 86.3 Å². The third-order valence-electron chi connectivity index (χ3n) is 4.65. The molecule has 1 aromatic heterocycles. The Morgan fingerprint density at radius 1 is 1.25 bits per heavy atom. The highest BCUT2D eigenvalue weighted by Crippen LogP contribution is 2.39. The number of anilines is 1. The van der Waals surface area contributed by atoms with E-state index >= 15 is 0 Å². The lowest BCUT2D eigenvalue weighted by Gasteiger charge is -2.30. The first-order valence-electron chi connectivity index (χ1n) is 8.64. The van der Waals surface area contributed by atoms with Gasteiger partial charge in [0.1, 0.15) is 12.4 Å². The van der Waals surface area contributed by atoms with Crippen LogP contribution in [0.3, 0.4) is 0 Å². The van der Waals surface area contributed by atoms with Gasteiger partial charge in [-0.25, -0.2) is 4.39 Å². The Bertz CT molecular complexity index is 1050. The van der Waals surface area contributed by atoms with E-state index in [1.807, 2.05) is 42.6 Å². The van der Waals surface area contributed by atoms with Gasteiger partial charge < -0.3 is 10.2 Å². The van der Waals surface area contributed by atoms with Crippen LogP contribution in [-0.2, 0) is 4.79 Å². The zero-order valence-electron chi connectivity index (χ0n) is 14.9. The number of amides is 2. The highest BCUT2D eigenvalue weighted by atomic mass is 35.5. The molecule has 0 spiro atoms. The molecule has 28 heavy (non-hydrogen) atoms. The highest BCUT2D eigenvalue weighted by molar-refractivity contribution is 7.10. The second-order valence-electron chi connectivity index (χ2n) is 6.59. The summed E-state index contributed by atoms with van der Waals surface area (Å²) in [7, 11) is 0. The lowest BCUT2D eigenvalue weighted by atomic mass is 9.99. The van der Waals surface area contributed by atoms with Crippen molar-refractivity contribution >= 4 is 40.4 Å². The normalized spacial score (nSPS) is 16.3. The SMILES string of the molecule is Cc1ccc2c(c1)C(c1cccs1)N(C(=O)c1c(F)cccc1Cl)CC(=O)N2. The molecule has 0 saturated carbocycles.